The standard InChI is InChI=1S/C48H99N3O6/c1-10-13-16-19-22-24-26-28-31-34-47(54)56-41-43(4)50(6,7)39-45(52)37-49(36-33-30-21-18-15-12-3)38-46(53)40-51(8,9)44(5)42-57-48(55)35-32-29-27-25-23-20-17-14-11-2/h43-46,52-53H,10-42H2,1-9H3/q+2. The number of hydrogen-bond acceptors (Lipinski definition) is 7. The maximum absolute atomic E-state index is 12.5. The fourth-order valence-corrected chi connectivity index (χ4v) is 7.67. The zero-order valence-corrected chi connectivity index (χ0v) is 39.5. The third-order valence-electron chi connectivity index (χ3n) is 12.5. The predicted octanol–water partition coefficient (Wildman–Crippen LogP) is 10.2. The molecule has 9 nitrogen and oxygen atoms in total. The summed E-state index contributed by atoms with van der Waals surface area (Å²) in [6.45, 7) is 14.5. The molecule has 0 aromatic carbocycles. The number of likely N-dealkylation sites (N-methyl/N-ethyl adjacent to an activating group) is 2. The van der Waals surface area contributed by atoms with Crippen molar-refractivity contribution in [2.24, 2.45) is 0 Å². The molecule has 0 rings (SSSR count). The third kappa shape index (κ3) is 32.2. The largest absolute Gasteiger partial charge is 0.459 e. The molecule has 0 spiro atoms. The number of unbranched alkanes of at least 4 members (excludes halogenated alkanes) is 21. The van der Waals surface area contributed by atoms with E-state index in [2.05, 4.69) is 67.7 Å². The lowest BCUT2D eigenvalue weighted by molar-refractivity contribution is -0.916. The summed E-state index contributed by atoms with van der Waals surface area (Å²) in [5, 5.41) is 22.8. The van der Waals surface area contributed by atoms with Crippen molar-refractivity contribution in [1.82, 2.24) is 4.90 Å². The number of carbonyl (C=O) groups is 2. The summed E-state index contributed by atoms with van der Waals surface area (Å²) in [5.74, 6) is -0.236. The van der Waals surface area contributed by atoms with E-state index in [1.165, 1.54) is 116 Å². The number of aliphatic hydroxyl groups is 2. The minimum Gasteiger partial charge on any atom is -0.459 e. The maximum Gasteiger partial charge on any atom is 0.306 e. The molecule has 0 radical (unpaired) electrons. The van der Waals surface area contributed by atoms with Gasteiger partial charge in [-0.3, -0.25) is 14.5 Å². The Morgan fingerprint density at radius 3 is 1.07 bits per heavy atom. The molecule has 340 valence electrons. The van der Waals surface area contributed by atoms with Gasteiger partial charge in [0.25, 0.3) is 0 Å². The normalized spacial score (nSPS) is 14.5. The molecule has 4 atom stereocenters. The average molecular weight is 814 g/mol. The van der Waals surface area contributed by atoms with Crippen molar-refractivity contribution in [2.75, 3.05) is 74.1 Å². The van der Waals surface area contributed by atoms with E-state index in [9.17, 15) is 19.8 Å². The second-order valence-electron chi connectivity index (χ2n) is 19.0. The van der Waals surface area contributed by atoms with E-state index in [4.69, 9.17) is 9.47 Å². The zero-order chi connectivity index (χ0) is 42.8. The van der Waals surface area contributed by atoms with E-state index >= 15 is 0 Å². The molecule has 0 aliphatic carbocycles. The molecule has 0 bridgehead atoms. The fourth-order valence-electron chi connectivity index (χ4n) is 7.67. The molecule has 2 N–H and O–H groups in total. The molecular weight excluding hydrogens is 715 g/mol. The predicted molar refractivity (Wildman–Crippen MR) is 240 cm³/mol. The average Bonchev–Trinajstić information content (AvgIpc) is 3.15. The van der Waals surface area contributed by atoms with Crippen LogP contribution in [0.15, 0.2) is 0 Å². The first-order valence-corrected chi connectivity index (χ1v) is 24.2. The van der Waals surface area contributed by atoms with E-state index < -0.39 is 12.2 Å². The summed E-state index contributed by atoms with van der Waals surface area (Å²) in [4.78, 5) is 27.3. The number of esters is 2. The summed E-state index contributed by atoms with van der Waals surface area (Å²) in [6.07, 6.45) is 28.9. The number of quaternary nitrogens is 2. The van der Waals surface area contributed by atoms with Gasteiger partial charge < -0.3 is 28.7 Å². The van der Waals surface area contributed by atoms with Crippen molar-refractivity contribution in [3.8, 4) is 0 Å². The molecule has 0 fully saturated rings. The van der Waals surface area contributed by atoms with Crippen molar-refractivity contribution in [2.45, 2.75) is 226 Å². The van der Waals surface area contributed by atoms with E-state index in [1.54, 1.807) is 0 Å². The van der Waals surface area contributed by atoms with Gasteiger partial charge in [-0.15, -0.1) is 0 Å². The van der Waals surface area contributed by atoms with E-state index in [0.29, 0.717) is 61.2 Å². The van der Waals surface area contributed by atoms with Gasteiger partial charge in [-0.1, -0.05) is 156 Å². The summed E-state index contributed by atoms with van der Waals surface area (Å²) in [6, 6.07) is 0.0891. The molecule has 0 heterocycles. The van der Waals surface area contributed by atoms with Gasteiger partial charge in [-0.05, 0) is 39.7 Å². The molecule has 0 aromatic rings. The van der Waals surface area contributed by atoms with Crippen LogP contribution >= 0.6 is 0 Å². The molecule has 4 unspecified atom stereocenters. The molecule has 0 saturated heterocycles. The van der Waals surface area contributed by atoms with Crippen LogP contribution in [-0.4, -0.2) is 134 Å². The summed E-state index contributed by atoms with van der Waals surface area (Å²) in [5.41, 5.74) is 0. The van der Waals surface area contributed by atoms with Crippen molar-refractivity contribution < 1.29 is 38.2 Å². The topological polar surface area (TPSA) is 96.3 Å². The van der Waals surface area contributed by atoms with Crippen molar-refractivity contribution in [3.63, 3.8) is 0 Å². The molecular formula is C48H99N3O6+2. The first-order chi connectivity index (χ1) is 27.2. The summed E-state index contributed by atoms with van der Waals surface area (Å²) >= 11 is 0. The van der Waals surface area contributed by atoms with Crippen LogP contribution in [0.25, 0.3) is 0 Å². The Hall–Kier alpha value is -1.26. The van der Waals surface area contributed by atoms with Gasteiger partial charge in [-0.2, -0.15) is 0 Å². The van der Waals surface area contributed by atoms with Gasteiger partial charge in [-0.25, -0.2) is 0 Å². The van der Waals surface area contributed by atoms with Crippen LogP contribution in [-0.2, 0) is 19.1 Å². The lowest BCUT2D eigenvalue weighted by atomic mass is 10.1. The first kappa shape index (κ1) is 55.7. The van der Waals surface area contributed by atoms with Crippen LogP contribution in [0.1, 0.15) is 202 Å². The molecule has 0 aliphatic rings. The Balaban J connectivity index is 4.86. The van der Waals surface area contributed by atoms with Crippen molar-refractivity contribution in [3.05, 3.63) is 0 Å². The third-order valence-corrected chi connectivity index (χ3v) is 12.5. The smallest absolute Gasteiger partial charge is 0.306 e. The van der Waals surface area contributed by atoms with E-state index in [-0.39, 0.29) is 24.0 Å². The van der Waals surface area contributed by atoms with Gasteiger partial charge in [0.05, 0.1) is 28.2 Å². The second kappa shape index (κ2) is 35.5. The lowest BCUT2D eigenvalue weighted by Crippen LogP contribution is -2.57. The molecule has 9 heteroatoms. The van der Waals surface area contributed by atoms with Gasteiger partial charge in [0, 0.05) is 25.9 Å². The lowest BCUT2D eigenvalue weighted by Gasteiger charge is -2.39. The quantitative estimate of drug-likeness (QED) is 0.0361. The number of nitrogens with zero attached hydrogens (tertiary/aromatic N) is 3. The van der Waals surface area contributed by atoms with Crippen LogP contribution in [0.4, 0.5) is 0 Å². The second-order valence-corrected chi connectivity index (χ2v) is 19.0. The zero-order valence-electron chi connectivity index (χ0n) is 39.5. The highest BCUT2D eigenvalue weighted by Gasteiger charge is 2.32. The molecule has 57 heavy (non-hydrogen) atoms. The number of carbonyl (C=O) groups excluding carboxylic acids is 2. The van der Waals surface area contributed by atoms with Crippen LogP contribution in [0.2, 0.25) is 0 Å². The van der Waals surface area contributed by atoms with Crippen molar-refractivity contribution in [1.29, 1.82) is 0 Å². The highest BCUT2D eigenvalue weighted by molar-refractivity contribution is 5.69. The minimum atomic E-state index is -0.584. The highest BCUT2D eigenvalue weighted by atomic mass is 16.5. The first-order valence-electron chi connectivity index (χ1n) is 24.2. The Bertz CT molecular complexity index is 881. The van der Waals surface area contributed by atoms with Gasteiger partial charge >= 0.3 is 11.9 Å². The van der Waals surface area contributed by atoms with Crippen LogP contribution in [0.3, 0.4) is 0 Å². The van der Waals surface area contributed by atoms with Crippen LogP contribution in [0.5, 0.6) is 0 Å². The Morgan fingerprint density at radius 1 is 0.474 bits per heavy atom. The summed E-state index contributed by atoms with van der Waals surface area (Å²) in [7, 11) is 8.39. The number of hydrogen-bond donors (Lipinski definition) is 2. The van der Waals surface area contributed by atoms with Gasteiger partial charge in [0.2, 0.25) is 0 Å². The molecule has 0 aromatic heterocycles. The van der Waals surface area contributed by atoms with Crippen LogP contribution in [0, 0.1) is 0 Å². The Labute approximate surface area is 354 Å². The molecule has 0 saturated carbocycles. The minimum absolute atomic E-state index is 0.0446. The van der Waals surface area contributed by atoms with Gasteiger partial charge in [0.15, 0.2) is 0 Å². The van der Waals surface area contributed by atoms with Gasteiger partial charge in [0.1, 0.15) is 50.6 Å². The highest BCUT2D eigenvalue weighted by Crippen LogP contribution is 2.16. The molecule has 0 amide bonds. The number of rotatable bonds is 41. The Kier molecular flexibility index (Phi) is 34.7. The number of aliphatic hydroxyl groups excluding tert-OH is 2. The summed E-state index contributed by atoms with van der Waals surface area (Å²) < 4.78 is 12.5. The Morgan fingerprint density at radius 2 is 0.754 bits per heavy atom. The van der Waals surface area contributed by atoms with E-state index in [0.717, 1.165) is 45.1 Å². The SMILES string of the molecule is CCCCCCCCCCCC(=O)OCC(C)[N+](C)(C)CC(O)CN(CCCCCCCC)CC(O)C[N+](C)(C)C(C)COC(=O)CCCCCCCCCCC. The van der Waals surface area contributed by atoms with Crippen LogP contribution < -0.4 is 0 Å². The monoisotopic (exact) mass is 814 g/mol. The molecule has 0 aliphatic heterocycles. The van der Waals surface area contributed by atoms with E-state index in [1.807, 2.05) is 0 Å². The number of ether oxygens (including phenoxy) is 2. The maximum atomic E-state index is 12.5. The van der Waals surface area contributed by atoms with Crippen molar-refractivity contribution >= 4 is 11.9 Å². The fraction of sp³-hybridized carbons (Fsp3) is 0.958.